The lowest BCUT2D eigenvalue weighted by Gasteiger charge is -2.19. The number of nitrogens with zero attached hydrogens (tertiary/aromatic N) is 2. The molecule has 3 N–H and O–H groups in total. The van der Waals surface area contributed by atoms with Crippen LogP contribution in [0.25, 0.3) is 0 Å². The van der Waals surface area contributed by atoms with Gasteiger partial charge in [0.2, 0.25) is 0 Å². The van der Waals surface area contributed by atoms with Crippen molar-refractivity contribution in [1.29, 1.82) is 0 Å². The Bertz CT molecular complexity index is 309. The number of nitrogens with two attached hydrogens (primary N) is 1. The van der Waals surface area contributed by atoms with Crippen LogP contribution in [-0.2, 0) is 0 Å². The van der Waals surface area contributed by atoms with E-state index in [9.17, 15) is 0 Å². The van der Waals surface area contributed by atoms with Gasteiger partial charge in [-0.15, -0.1) is 0 Å². The molecule has 1 rings (SSSR count). The van der Waals surface area contributed by atoms with Crippen LogP contribution >= 0.6 is 0 Å². The molecule has 1 aromatic heterocycles. The second-order valence-corrected chi connectivity index (χ2v) is 3.91. The van der Waals surface area contributed by atoms with E-state index < -0.39 is 0 Å². The molecule has 78 valence electrons. The fourth-order valence-corrected chi connectivity index (χ4v) is 0.992. The van der Waals surface area contributed by atoms with Crippen LogP contribution in [0.1, 0.15) is 26.3 Å². The Morgan fingerprint density at radius 3 is 2.50 bits per heavy atom. The molecule has 0 aliphatic rings. The van der Waals surface area contributed by atoms with Gasteiger partial charge in [0, 0.05) is 11.6 Å². The predicted octanol–water partition coefficient (Wildman–Crippen LogP) is 1.82. The molecule has 4 nitrogen and oxygen atoms in total. The minimum atomic E-state index is 0.378. The molecule has 14 heavy (non-hydrogen) atoms. The average Bonchev–Trinajstić information content (AvgIpc) is 2.12. The van der Waals surface area contributed by atoms with Crippen LogP contribution < -0.4 is 11.1 Å². The lowest BCUT2D eigenvalue weighted by molar-refractivity contribution is 0.558. The largest absolute Gasteiger partial charge is 0.383 e. The zero-order chi connectivity index (χ0) is 10.7. The topological polar surface area (TPSA) is 63.8 Å². The van der Waals surface area contributed by atoms with Gasteiger partial charge in [-0.3, -0.25) is 0 Å². The first-order valence-corrected chi connectivity index (χ1v) is 4.86. The lowest BCUT2D eigenvalue weighted by atomic mass is 10.1. The minimum absolute atomic E-state index is 0.378. The van der Waals surface area contributed by atoms with Gasteiger partial charge >= 0.3 is 0 Å². The molecule has 0 aliphatic heterocycles. The molecule has 0 spiro atoms. The molecule has 0 aromatic carbocycles. The zero-order valence-electron chi connectivity index (χ0n) is 9.20. The SMILES string of the molecule is Cc1c(N)ncnc1NC(C)C(C)C. The van der Waals surface area contributed by atoms with E-state index in [0.717, 1.165) is 11.4 Å². The summed E-state index contributed by atoms with van der Waals surface area (Å²) in [6.07, 6.45) is 1.48. The number of nitrogen functional groups attached to an aromatic ring is 1. The molecule has 0 amide bonds. The van der Waals surface area contributed by atoms with Gasteiger partial charge in [0.05, 0.1) is 0 Å². The van der Waals surface area contributed by atoms with Crippen molar-refractivity contribution in [1.82, 2.24) is 9.97 Å². The van der Waals surface area contributed by atoms with Crippen LogP contribution in [0.15, 0.2) is 6.33 Å². The maximum absolute atomic E-state index is 5.68. The maximum Gasteiger partial charge on any atom is 0.134 e. The second-order valence-electron chi connectivity index (χ2n) is 3.91. The van der Waals surface area contributed by atoms with Gasteiger partial charge in [0.15, 0.2) is 0 Å². The van der Waals surface area contributed by atoms with Crippen molar-refractivity contribution in [3.05, 3.63) is 11.9 Å². The number of rotatable bonds is 3. The number of hydrogen-bond donors (Lipinski definition) is 2. The highest BCUT2D eigenvalue weighted by atomic mass is 15.1. The summed E-state index contributed by atoms with van der Waals surface area (Å²) in [4.78, 5) is 8.08. The van der Waals surface area contributed by atoms with Crippen molar-refractivity contribution in [2.24, 2.45) is 5.92 Å². The Morgan fingerprint density at radius 1 is 1.29 bits per heavy atom. The van der Waals surface area contributed by atoms with E-state index in [4.69, 9.17) is 5.73 Å². The molecule has 1 atom stereocenters. The van der Waals surface area contributed by atoms with E-state index in [1.807, 2.05) is 6.92 Å². The fourth-order valence-electron chi connectivity index (χ4n) is 0.992. The summed E-state index contributed by atoms with van der Waals surface area (Å²) >= 11 is 0. The molecule has 0 radical (unpaired) electrons. The summed E-state index contributed by atoms with van der Waals surface area (Å²) in [5.74, 6) is 1.93. The van der Waals surface area contributed by atoms with E-state index >= 15 is 0 Å². The van der Waals surface area contributed by atoms with Crippen molar-refractivity contribution in [3.63, 3.8) is 0 Å². The van der Waals surface area contributed by atoms with Gasteiger partial charge < -0.3 is 11.1 Å². The van der Waals surface area contributed by atoms with Crippen LogP contribution in [0.5, 0.6) is 0 Å². The maximum atomic E-state index is 5.68. The fraction of sp³-hybridized carbons (Fsp3) is 0.600. The monoisotopic (exact) mass is 194 g/mol. The van der Waals surface area contributed by atoms with E-state index in [1.165, 1.54) is 6.33 Å². The molecule has 0 bridgehead atoms. The molecule has 0 saturated heterocycles. The summed E-state index contributed by atoms with van der Waals surface area (Å²) in [5.41, 5.74) is 6.60. The van der Waals surface area contributed by atoms with Crippen LogP contribution in [0, 0.1) is 12.8 Å². The molecule has 1 aromatic rings. The Kier molecular flexibility index (Phi) is 3.28. The Balaban J connectivity index is 2.82. The number of hydrogen-bond acceptors (Lipinski definition) is 4. The summed E-state index contributed by atoms with van der Waals surface area (Å²) in [6, 6.07) is 0.378. The van der Waals surface area contributed by atoms with E-state index in [0.29, 0.717) is 17.8 Å². The first kappa shape index (κ1) is 10.8. The molecule has 1 unspecified atom stereocenters. The molecule has 4 heteroatoms. The van der Waals surface area contributed by atoms with Gasteiger partial charge in [-0.1, -0.05) is 13.8 Å². The van der Waals surface area contributed by atoms with Crippen LogP contribution in [0.2, 0.25) is 0 Å². The number of nitrogens with one attached hydrogen (secondary N) is 1. The Hall–Kier alpha value is -1.32. The highest BCUT2D eigenvalue weighted by Gasteiger charge is 2.10. The average molecular weight is 194 g/mol. The first-order valence-electron chi connectivity index (χ1n) is 4.86. The lowest BCUT2D eigenvalue weighted by Crippen LogP contribution is -2.23. The molecule has 0 aliphatic carbocycles. The zero-order valence-corrected chi connectivity index (χ0v) is 9.20. The highest BCUT2D eigenvalue weighted by molar-refractivity contribution is 5.54. The van der Waals surface area contributed by atoms with Crippen molar-refractivity contribution in [3.8, 4) is 0 Å². The number of aromatic nitrogens is 2. The van der Waals surface area contributed by atoms with Gasteiger partial charge in [-0.25, -0.2) is 9.97 Å². The van der Waals surface area contributed by atoms with Crippen molar-refractivity contribution >= 4 is 11.6 Å². The quantitative estimate of drug-likeness (QED) is 0.770. The Morgan fingerprint density at radius 2 is 1.93 bits per heavy atom. The van der Waals surface area contributed by atoms with Crippen molar-refractivity contribution in [2.45, 2.75) is 33.7 Å². The summed E-state index contributed by atoms with van der Waals surface area (Å²) in [7, 11) is 0. The van der Waals surface area contributed by atoms with Gasteiger partial charge in [0.25, 0.3) is 0 Å². The van der Waals surface area contributed by atoms with Crippen LogP contribution in [0.4, 0.5) is 11.6 Å². The molecular weight excluding hydrogens is 176 g/mol. The van der Waals surface area contributed by atoms with Gasteiger partial charge in [0.1, 0.15) is 18.0 Å². The molecule has 0 fully saturated rings. The van der Waals surface area contributed by atoms with E-state index in [-0.39, 0.29) is 0 Å². The van der Waals surface area contributed by atoms with E-state index in [2.05, 4.69) is 36.1 Å². The second kappa shape index (κ2) is 4.26. The number of anilines is 2. The normalized spacial score (nSPS) is 12.9. The standard InChI is InChI=1S/C10H18N4/c1-6(2)8(4)14-10-7(3)9(11)12-5-13-10/h5-6,8H,1-4H3,(H3,11,12,13,14). The third kappa shape index (κ3) is 2.34. The van der Waals surface area contributed by atoms with Crippen LogP contribution in [-0.4, -0.2) is 16.0 Å². The van der Waals surface area contributed by atoms with Gasteiger partial charge in [-0.2, -0.15) is 0 Å². The molecule has 1 heterocycles. The summed E-state index contributed by atoms with van der Waals surface area (Å²) in [6.45, 7) is 8.38. The smallest absolute Gasteiger partial charge is 0.134 e. The summed E-state index contributed by atoms with van der Waals surface area (Å²) < 4.78 is 0. The summed E-state index contributed by atoms with van der Waals surface area (Å²) in [5, 5.41) is 3.32. The minimum Gasteiger partial charge on any atom is -0.383 e. The first-order chi connectivity index (χ1) is 6.52. The van der Waals surface area contributed by atoms with Crippen molar-refractivity contribution < 1.29 is 0 Å². The highest BCUT2D eigenvalue weighted by Crippen LogP contribution is 2.17. The van der Waals surface area contributed by atoms with Gasteiger partial charge in [-0.05, 0) is 19.8 Å². The third-order valence-electron chi connectivity index (χ3n) is 2.49. The predicted molar refractivity (Wildman–Crippen MR) is 59.1 cm³/mol. The Labute approximate surface area is 85.0 Å². The molecule has 0 saturated carbocycles. The van der Waals surface area contributed by atoms with E-state index in [1.54, 1.807) is 0 Å². The van der Waals surface area contributed by atoms with Crippen LogP contribution in [0.3, 0.4) is 0 Å². The van der Waals surface area contributed by atoms with Crippen molar-refractivity contribution in [2.75, 3.05) is 11.1 Å². The third-order valence-corrected chi connectivity index (χ3v) is 2.49. The molecular formula is C10H18N4.